The lowest BCUT2D eigenvalue weighted by molar-refractivity contribution is -0.118. The van der Waals surface area contributed by atoms with Crippen LogP contribution in [0.25, 0.3) is 0 Å². The number of nitrogens with one attached hydrogen (secondary N) is 1. The third-order valence-corrected chi connectivity index (χ3v) is 3.74. The van der Waals surface area contributed by atoms with Crippen LogP contribution in [-0.4, -0.2) is 23.2 Å². The van der Waals surface area contributed by atoms with E-state index < -0.39 is 0 Å². The van der Waals surface area contributed by atoms with Crippen LogP contribution in [0, 0.1) is 13.8 Å². The summed E-state index contributed by atoms with van der Waals surface area (Å²) in [6.07, 6.45) is 0.842. The number of thioether (sulfide) groups is 1. The molecule has 2 aromatic rings. The molecule has 0 unspecified atom stereocenters. The van der Waals surface area contributed by atoms with Crippen molar-refractivity contribution in [3.05, 3.63) is 47.3 Å². The second-order valence-corrected chi connectivity index (χ2v) is 5.42. The summed E-state index contributed by atoms with van der Waals surface area (Å²) in [7, 11) is 0. The number of aromatic nitrogens is 1. The maximum Gasteiger partial charge on any atom is 0.256 e. The van der Waals surface area contributed by atoms with Gasteiger partial charge in [0.15, 0.2) is 0 Å². The van der Waals surface area contributed by atoms with Crippen LogP contribution < -0.4 is 5.32 Å². The second kappa shape index (κ2) is 7.14. The molecule has 106 valence electrons. The smallest absolute Gasteiger partial charge is 0.256 e. The van der Waals surface area contributed by atoms with Gasteiger partial charge in [-0.05, 0) is 25.8 Å². The van der Waals surface area contributed by atoms with Gasteiger partial charge in [-0.25, -0.2) is 4.98 Å². The molecule has 5 heteroatoms. The summed E-state index contributed by atoms with van der Waals surface area (Å²) in [6.45, 7) is 4.40. The molecular formula is C15H18N2O2S. The predicted octanol–water partition coefficient (Wildman–Crippen LogP) is 2.74. The lowest BCUT2D eigenvalue weighted by Gasteiger charge is -2.04. The highest BCUT2D eigenvalue weighted by Gasteiger charge is 2.08. The van der Waals surface area contributed by atoms with Crippen molar-refractivity contribution >= 4 is 17.7 Å². The van der Waals surface area contributed by atoms with Gasteiger partial charge in [-0.2, -0.15) is 0 Å². The Morgan fingerprint density at radius 3 is 2.70 bits per heavy atom. The van der Waals surface area contributed by atoms with Gasteiger partial charge in [-0.1, -0.05) is 42.1 Å². The number of nitrogens with zero attached hydrogens (tertiary/aromatic N) is 1. The minimum atomic E-state index is -0.000521. The molecule has 0 saturated heterocycles. The topological polar surface area (TPSA) is 55.1 Å². The SMILES string of the molecule is Cc1nc(SCC(=O)NCCc2ccccc2)oc1C. The summed E-state index contributed by atoms with van der Waals surface area (Å²) in [5.74, 6) is 1.13. The van der Waals surface area contributed by atoms with Gasteiger partial charge in [0, 0.05) is 6.54 Å². The van der Waals surface area contributed by atoms with E-state index in [0.29, 0.717) is 17.5 Å². The van der Waals surface area contributed by atoms with Crippen LogP contribution >= 0.6 is 11.8 Å². The van der Waals surface area contributed by atoms with Crippen molar-refractivity contribution in [3.63, 3.8) is 0 Å². The Kier molecular flexibility index (Phi) is 5.24. The van der Waals surface area contributed by atoms with Gasteiger partial charge in [0.2, 0.25) is 5.91 Å². The zero-order valence-corrected chi connectivity index (χ0v) is 12.5. The van der Waals surface area contributed by atoms with Crippen LogP contribution in [0.3, 0.4) is 0 Å². The van der Waals surface area contributed by atoms with Crippen molar-refractivity contribution in [1.29, 1.82) is 0 Å². The van der Waals surface area contributed by atoms with Gasteiger partial charge < -0.3 is 9.73 Å². The van der Waals surface area contributed by atoms with E-state index in [1.54, 1.807) is 0 Å². The number of oxazole rings is 1. The van der Waals surface area contributed by atoms with Crippen LogP contribution in [0.4, 0.5) is 0 Å². The molecule has 1 aromatic heterocycles. The molecule has 0 aliphatic rings. The first-order valence-corrected chi connectivity index (χ1v) is 7.51. The molecule has 0 aliphatic heterocycles. The highest BCUT2D eigenvalue weighted by Crippen LogP contribution is 2.19. The molecule has 1 N–H and O–H groups in total. The molecule has 1 amide bonds. The summed E-state index contributed by atoms with van der Waals surface area (Å²) in [6, 6.07) is 10.1. The summed E-state index contributed by atoms with van der Waals surface area (Å²) >= 11 is 1.32. The minimum absolute atomic E-state index is 0.000521. The average Bonchev–Trinajstić information content (AvgIpc) is 2.77. The molecule has 0 bridgehead atoms. The van der Waals surface area contributed by atoms with Gasteiger partial charge >= 0.3 is 0 Å². The Hall–Kier alpha value is -1.75. The summed E-state index contributed by atoms with van der Waals surface area (Å²) < 4.78 is 5.41. The average molecular weight is 290 g/mol. The van der Waals surface area contributed by atoms with Crippen molar-refractivity contribution in [2.24, 2.45) is 0 Å². The maximum atomic E-state index is 11.7. The fourth-order valence-electron chi connectivity index (χ4n) is 1.67. The zero-order chi connectivity index (χ0) is 14.4. The number of hydrogen-bond acceptors (Lipinski definition) is 4. The second-order valence-electron chi connectivity index (χ2n) is 4.50. The Morgan fingerprint density at radius 2 is 2.05 bits per heavy atom. The summed E-state index contributed by atoms with van der Waals surface area (Å²) in [5, 5.41) is 3.45. The van der Waals surface area contributed by atoms with Crippen molar-refractivity contribution in [2.75, 3.05) is 12.3 Å². The number of carbonyl (C=O) groups excluding carboxylic acids is 1. The third-order valence-electron chi connectivity index (χ3n) is 2.91. The van der Waals surface area contributed by atoms with Gasteiger partial charge in [-0.3, -0.25) is 4.79 Å². The van der Waals surface area contributed by atoms with E-state index in [0.717, 1.165) is 17.9 Å². The standard InChI is InChI=1S/C15H18N2O2S/c1-11-12(2)19-15(17-11)20-10-14(18)16-9-8-13-6-4-3-5-7-13/h3-7H,8-10H2,1-2H3,(H,16,18). The first-order valence-electron chi connectivity index (χ1n) is 6.52. The van der Waals surface area contributed by atoms with E-state index in [4.69, 9.17) is 4.42 Å². The van der Waals surface area contributed by atoms with Crippen LogP contribution in [0.1, 0.15) is 17.0 Å². The van der Waals surface area contributed by atoms with Gasteiger partial charge in [-0.15, -0.1) is 0 Å². The lowest BCUT2D eigenvalue weighted by atomic mass is 10.1. The molecule has 2 rings (SSSR count). The third kappa shape index (κ3) is 4.42. The molecule has 20 heavy (non-hydrogen) atoms. The van der Waals surface area contributed by atoms with E-state index >= 15 is 0 Å². The van der Waals surface area contributed by atoms with Crippen molar-refractivity contribution in [1.82, 2.24) is 10.3 Å². The number of rotatable bonds is 6. The molecule has 0 saturated carbocycles. The normalized spacial score (nSPS) is 10.5. The first kappa shape index (κ1) is 14.7. The lowest BCUT2D eigenvalue weighted by Crippen LogP contribution is -2.27. The quantitative estimate of drug-likeness (QED) is 0.831. The Balaban J connectivity index is 1.68. The largest absolute Gasteiger partial charge is 0.437 e. The monoisotopic (exact) mass is 290 g/mol. The van der Waals surface area contributed by atoms with E-state index in [1.807, 2.05) is 32.0 Å². The predicted molar refractivity (Wildman–Crippen MR) is 79.9 cm³/mol. The molecule has 0 radical (unpaired) electrons. The van der Waals surface area contributed by atoms with Gasteiger partial charge in [0.1, 0.15) is 5.76 Å². The number of hydrogen-bond donors (Lipinski definition) is 1. The van der Waals surface area contributed by atoms with E-state index in [2.05, 4.69) is 22.4 Å². The molecule has 0 fully saturated rings. The Bertz CT molecular complexity index is 547. The Morgan fingerprint density at radius 1 is 1.30 bits per heavy atom. The van der Waals surface area contributed by atoms with Gasteiger partial charge in [0.05, 0.1) is 11.4 Å². The van der Waals surface area contributed by atoms with Crippen LogP contribution in [-0.2, 0) is 11.2 Å². The van der Waals surface area contributed by atoms with Crippen LogP contribution in [0.5, 0.6) is 0 Å². The fourth-order valence-corrected chi connectivity index (χ4v) is 2.42. The fraction of sp³-hybridized carbons (Fsp3) is 0.333. The summed E-state index contributed by atoms with van der Waals surface area (Å²) in [5.41, 5.74) is 2.09. The highest BCUT2D eigenvalue weighted by molar-refractivity contribution is 7.99. The van der Waals surface area contributed by atoms with E-state index in [9.17, 15) is 4.79 Å². The molecule has 0 atom stereocenters. The molecular weight excluding hydrogens is 272 g/mol. The van der Waals surface area contributed by atoms with Crippen LogP contribution in [0.2, 0.25) is 0 Å². The Labute approximate surface area is 123 Å². The highest BCUT2D eigenvalue weighted by atomic mass is 32.2. The molecule has 0 spiro atoms. The van der Waals surface area contributed by atoms with E-state index in [1.165, 1.54) is 17.3 Å². The van der Waals surface area contributed by atoms with Crippen molar-refractivity contribution < 1.29 is 9.21 Å². The number of aryl methyl sites for hydroxylation is 2. The minimum Gasteiger partial charge on any atom is -0.437 e. The van der Waals surface area contributed by atoms with Gasteiger partial charge in [0.25, 0.3) is 5.22 Å². The first-order chi connectivity index (χ1) is 9.65. The van der Waals surface area contributed by atoms with Crippen molar-refractivity contribution in [3.8, 4) is 0 Å². The summed E-state index contributed by atoms with van der Waals surface area (Å²) in [4.78, 5) is 15.9. The van der Waals surface area contributed by atoms with Crippen molar-refractivity contribution in [2.45, 2.75) is 25.5 Å². The molecule has 4 nitrogen and oxygen atoms in total. The number of carbonyl (C=O) groups is 1. The molecule has 0 aliphatic carbocycles. The molecule has 1 heterocycles. The molecule has 1 aromatic carbocycles. The number of benzene rings is 1. The van der Waals surface area contributed by atoms with Crippen LogP contribution in [0.15, 0.2) is 40.0 Å². The zero-order valence-electron chi connectivity index (χ0n) is 11.7. The van der Waals surface area contributed by atoms with E-state index in [-0.39, 0.29) is 5.91 Å². The number of amides is 1. The maximum absolute atomic E-state index is 11.7.